The van der Waals surface area contributed by atoms with E-state index in [1.165, 1.54) is 29.0 Å². The summed E-state index contributed by atoms with van der Waals surface area (Å²) >= 11 is 1.34. The van der Waals surface area contributed by atoms with Gasteiger partial charge >= 0.3 is 0 Å². The Morgan fingerprint density at radius 1 is 0.906 bits per heavy atom. The number of hydrogen-bond donors (Lipinski definition) is 1. The fourth-order valence-corrected chi connectivity index (χ4v) is 4.82. The van der Waals surface area contributed by atoms with E-state index in [2.05, 4.69) is 29.2 Å². The van der Waals surface area contributed by atoms with E-state index < -0.39 is 11.6 Å². The minimum atomic E-state index is -0.463. The maximum atomic E-state index is 14.0. The molecule has 0 atom stereocenters. The zero-order valence-electron chi connectivity index (χ0n) is 17.5. The van der Waals surface area contributed by atoms with Gasteiger partial charge < -0.3 is 9.67 Å². The standard InChI is InChI=1S/C26H24F2N2OS/c27-22-11-12-25(28)21(15-22)18-32-26-29-16-23(17-31)30(26)14-13-24(19-7-3-1-4-8-19)20-9-5-2-6-10-20/h1-12,15-16,24,31H,13-14,17-18H2. The SMILES string of the molecule is OCc1cnc(SCc2cc(F)ccc2F)n1CCC(c1ccccc1)c1ccccc1. The van der Waals surface area contributed by atoms with Gasteiger partial charge in [0.25, 0.3) is 0 Å². The Morgan fingerprint density at radius 3 is 2.19 bits per heavy atom. The molecule has 0 spiro atoms. The van der Waals surface area contributed by atoms with Crippen molar-refractivity contribution in [3.8, 4) is 0 Å². The predicted octanol–water partition coefficient (Wildman–Crippen LogP) is 6.17. The Balaban J connectivity index is 1.55. The van der Waals surface area contributed by atoms with Gasteiger partial charge in [-0.2, -0.15) is 0 Å². The van der Waals surface area contributed by atoms with Crippen molar-refractivity contribution in [2.75, 3.05) is 0 Å². The normalized spacial score (nSPS) is 11.2. The Hall–Kier alpha value is -2.96. The summed E-state index contributed by atoms with van der Waals surface area (Å²) in [7, 11) is 0. The van der Waals surface area contributed by atoms with Crippen molar-refractivity contribution in [3.05, 3.63) is 119 Å². The average Bonchev–Trinajstić information content (AvgIpc) is 3.23. The van der Waals surface area contributed by atoms with Gasteiger partial charge in [-0.1, -0.05) is 72.4 Å². The zero-order valence-corrected chi connectivity index (χ0v) is 18.3. The molecule has 0 bridgehead atoms. The van der Waals surface area contributed by atoms with Crippen LogP contribution in [0.5, 0.6) is 0 Å². The summed E-state index contributed by atoms with van der Waals surface area (Å²) in [6, 6.07) is 24.1. The van der Waals surface area contributed by atoms with E-state index in [0.717, 1.165) is 18.6 Å². The highest BCUT2D eigenvalue weighted by Crippen LogP contribution is 2.31. The molecule has 0 aliphatic heterocycles. The van der Waals surface area contributed by atoms with Crippen LogP contribution in [0.3, 0.4) is 0 Å². The highest BCUT2D eigenvalue weighted by atomic mass is 32.2. The number of aliphatic hydroxyl groups excluding tert-OH is 1. The molecule has 0 aliphatic carbocycles. The van der Waals surface area contributed by atoms with E-state index in [0.29, 0.717) is 23.0 Å². The van der Waals surface area contributed by atoms with Crippen molar-refractivity contribution in [3.63, 3.8) is 0 Å². The van der Waals surface area contributed by atoms with Crippen LogP contribution in [0.15, 0.2) is 90.2 Å². The van der Waals surface area contributed by atoms with Gasteiger partial charge in [-0.15, -0.1) is 0 Å². The molecule has 0 unspecified atom stereocenters. The molecule has 4 rings (SSSR count). The highest BCUT2D eigenvalue weighted by molar-refractivity contribution is 7.98. The summed E-state index contributed by atoms with van der Waals surface area (Å²) in [5.41, 5.74) is 3.44. The van der Waals surface area contributed by atoms with Gasteiger partial charge in [0, 0.05) is 23.8 Å². The molecule has 1 aromatic heterocycles. The summed E-state index contributed by atoms with van der Waals surface area (Å²) in [6.07, 6.45) is 2.45. The Bertz CT molecular complexity index is 1110. The van der Waals surface area contributed by atoms with Crippen LogP contribution in [-0.2, 0) is 18.9 Å². The molecule has 4 aromatic rings. The minimum Gasteiger partial charge on any atom is -0.390 e. The highest BCUT2D eigenvalue weighted by Gasteiger charge is 2.17. The molecular weight excluding hydrogens is 426 g/mol. The van der Waals surface area contributed by atoms with Crippen LogP contribution in [-0.4, -0.2) is 14.7 Å². The molecule has 1 heterocycles. The lowest BCUT2D eigenvalue weighted by Crippen LogP contribution is -2.10. The largest absolute Gasteiger partial charge is 0.390 e. The quantitative estimate of drug-likeness (QED) is 0.310. The van der Waals surface area contributed by atoms with Gasteiger partial charge in [0.2, 0.25) is 0 Å². The number of hydrogen-bond acceptors (Lipinski definition) is 3. The summed E-state index contributed by atoms with van der Waals surface area (Å²) in [6.45, 7) is 0.502. The zero-order chi connectivity index (χ0) is 22.3. The molecule has 0 saturated heterocycles. The number of benzene rings is 3. The summed E-state index contributed by atoms with van der Waals surface area (Å²) in [4.78, 5) is 4.43. The van der Waals surface area contributed by atoms with Gasteiger partial charge in [0.05, 0.1) is 18.5 Å². The van der Waals surface area contributed by atoms with Crippen molar-refractivity contribution in [2.24, 2.45) is 0 Å². The van der Waals surface area contributed by atoms with Gasteiger partial charge in [-0.05, 0) is 35.7 Å². The fraction of sp³-hybridized carbons (Fsp3) is 0.192. The molecule has 6 heteroatoms. The van der Waals surface area contributed by atoms with Crippen LogP contribution in [0.1, 0.15) is 34.7 Å². The molecule has 3 aromatic carbocycles. The van der Waals surface area contributed by atoms with Crippen LogP contribution in [0.2, 0.25) is 0 Å². The van der Waals surface area contributed by atoms with Gasteiger partial charge in [0.15, 0.2) is 5.16 Å². The van der Waals surface area contributed by atoms with E-state index in [1.807, 2.05) is 41.0 Å². The third kappa shape index (κ3) is 5.26. The molecule has 3 nitrogen and oxygen atoms in total. The average molecular weight is 451 g/mol. The predicted molar refractivity (Wildman–Crippen MR) is 123 cm³/mol. The van der Waals surface area contributed by atoms with E-state index in [-0.39, 0.29) is 18.3 Å². The molecule has 164 valence electrons. The molecular formula is C26H24F2N2OS. The maximum absolute atomic E-state index is 14.0. The first kappa shape index (κ1) is 22.2. The molecule has 32 heavy (non-hydrogen) atoms. The minimum absolute atomic E-state index is 0.136. The second kappa shape index (κ2) is 10.6. The van der Waals surface area contributed by atoms with Gasteiger partial charge in [-0.3, -0.25) is 0 Å². The number of halogens is 2. The lowest BCUT2D eigenvalue weighted by Gasteiger charge is -2.20. The second-order valence-corrected chi connectivity index (χ2v) is 8.47. The summed E-state index contributed by atoms with van der Waals surface area (Å²) < 4.78 is 29.5. The third-order valence-corrected chi connectivity index (χ3v) is 6.51. The van der Waals surface area contributed by atoms with Crippen molar-refractivity contribution in [2.45, 2.75) is 36.4 Å². The van der Waals surface area contributed by atoms with Gasteiger partial charge in [0.1, 0.15) is 11.6 Å². The summed E-state index contributed by atoms with van der Waals surface area (Å²) in [5, 5.41) is 10.5. The van der Waals surface area contributed by atoms with Crippen LogP contribution >= 0.6 is 11.8 Å². The van der Waals surface area contributed by atoms with E-state index in [9.17, 15) is 13.9 Å². The number of aliphatic hydroxyl groups is 1. The van der Waals surface area contributed by atoms with Crippen LogP contribution < -0.4 is 0 Å². The first-order chi connectivity index (χ1) is 15.7. The molecule has 0 aliphatic rings. The van der Waals surface area contributed by atoms with Crippen molar-refractivity contribution < 1.29 is 13.9 Å². The number of rotatable bonds is 9. The molecule has 0 saturated carbocycles. The first-order valence-electron chi connectivity index (χ1n) is 10.5. The van der Waals surface area contributed by atoms with Crippen molar-refractivity contribution >= 4 is 11.8 Å². The maximum Gasteiger partial charge on any atom is 0.168 e. The van der Waals surface area contributed by atoms with Crippen molar-refractivity contribution in [1.82, 2.24) is 9.55 Å². The fourth-order valence-electron chi connectivity index (χ4n) is 3.82. The summed E-state index contributed by atoms with van der Waals surface area (Å²) in [5.74, 6) is -0.459. The third-order valence-electron chi connectivity index (χ3n) is 5.47. The van der Waals surface area contributed by atoms with Crippen molar-refractivity contribution in [1.29, 1.82) is 0 Å². The van der Waals surface area contributed by atoms with E-state index in [4.69, 9.17) is 0 Å². The van der Waals surface area contributed by atoms with E-state index in [1.54, 1.807) is 6.20 Å². The number of imidazole rings is 1. The second-order valence-electron chi connectivity index (χ2n) is 7.53. The van der Waals surface area contributed by atoms with Crippen LogP contribution in [0.25, 0.3) is 0 Å². The topological polar surface area (TPSA) is 38.1 Å². The molecule has 0 fully saturated rings. The van der Waals surface area contributed by atoms with Gasteiger partial charge in [-0.25, -0.2) is 13.8 Å². The van der Waals surface area contributed by atoms with Crippen LogP contribution in [0, 0.1) is 11.6 Å². The van der Waals surface area contributed by atoms with E-state index >= 15 is 0 Å². The first-order valence-corrected chi connectivity index (χ1v) is 11.5. The Morgan fingerprint density at radius 2 is 1.56 bits per heavy atom. The lowest BCUT2D eigenvalue weighted by atomic mass is 9.88. The molecule has 0 radical (unpaired) electrons. The number of aromatic nitrogens is 2. The lowest BCUT2D eigenvalue weighted by molar-refractivity contribution is 0.268. The molecule has 0 amide bonds. The number of thioether (sulfide) groups is 1. The Labute approximate surface area is 190 Å². The monoisotopic (exact) mass is 450 g/mol. The smallest absolute Gasteiger partial charge is 0.168 e. The molecule has 1 N–H and O–H groups in total. The van der Waals surface area contributed by atoms with Crippen LogP contribution in [0.4, 0.5) is 8.78 Å². The number of nitrogens with zero attached hydrogens (tertiary/aromatic N) is 2. The Kier molecular flexibility index (Phi) is 7.35.